The Morgan fingerprint density at radius 1 is 1.21 bits per heavy atom. The van der Waals surface area contributed by atoms with Gasteiger partial charge in [0.25, 0.3) is 0 Å². The Labute approximate surface area is 174 Å². The van der Waals surface area contributed by atoms with Crippen molar-refractivity contribution in [2.45, 2.75) is 86.6 Å². The molecule has 0 amide bonds. The summed E-state index contributed by atoms with van der Waals surface area (Å²) in [5.41, 5.74) is 5.91. The van der Waals surface area contributed by atoms with Crippen molar-refractivity contribution in [3.8, 4) is 0 Å². The van der Waals surface area contributed by atoms with Crippen molar-refractivity contribution in [1.29, 1.82) is 0 Å². The molecule has 3 fully saturated rings. The third kappa shape index (κ3) is 5.04. The molecule has 6 unspecified atom stereocenters. The van der Waals surface area contributed by atoms with E-state index in [1.807, 2.05) is 32.5 Å². The van der Waals surface area contributed by atoms with Crippen LogP contribution in [-0.2, 0) is 10.0 Å². The zero-order chi connectivity index (χ0) is 20.7. The van der Waals surface area contributed by atoms with Crippen LogP contribution < -0.4 is 21.1 Å². The maximum absolute atomic E-state index is 12.7. The number of aliphatic hydroxyl groups excluding tert-OH is 1. The molecule has 6 atom stereocenters. The van der Waals surface area contributed by atoms with E-state index >= 15 is 0 Å². The number of fused-ring (bicyclic) bond motifs is 1. The quantitative estimate of drug-likeness (QED) is 0.406. The molecule has 3 aliphatic rings. The van der Waals surface area contributed by atoms with Gasteiger partial charge in [-0.3, -0.25) is 5.32 Å². The Morgan fingerprint density at radius 3 is 2.43 bits per heavy atom. The van der Waals surface area contributed by atoms with E-state index in [9.17, 15) is 13.5 Å². The number of hydrogen-bond donors (Lipinski definition) is 5. The van der Waals surface area contributed by atoms with E-state index in [1.165, 1.54) is 0 Å². The van der Waals surface area contributed by atoms with Crippen LogP contribution in [0.3, 0.4) is 0 Å². The van der Waals surface area contributed by atoms with E-state index in [0.29, 0.717) is 22.3 Å². The first-order chi connectivity index (χ1) is 13.0. The molecule has 0 aromatic heterocycles. The fourth-order valence-electron chi connectivity index (χ4n) is 5.16. The highest BCUT2D eigenvalue weighted by atomic mass is 32.2. The molecule has 0 spiro atoms. The zero-order valence-electron chi connectivity index (χ0n) is 17.5. The van der Waals surface area contributed by atoms with Crippen molar-refractivity contribution in [3.63, 3.8) is 0 Å². The predicted molar refractivity (Wildman–Crippen MR) is 115 cm³/mol. The van der Waals surface area contributed by atoms with Crippen molar-refractivity contribution in [2.75, 3.05) is 13.6 Å². The summed E-state index contributed by atoms with van der Waals surface area (Å²) >= 11 is 1.99. The van der Waals surface area contributed by atoms with Crippen molar-refractivity contribution >= 4 is 21.8 Å². The zero-order valence-corrected chi connectivity index (χ0v) is 19.2. The number of piperidine rings is 1. The summed E-state index contributed by atoms with van der Waals surface area (Å²) < 4.78 is 28.1. The number of aliphatic hydroxyl groups is 1. The van der Waals surface area contributed by atoms with E-state index in [-0.39, 0.29) is 17.3 Å². The lowest BCUT2D eigenvalue weighted by atomic mass is 9.79. The Bertz CT molecular complexity index is 632. The fourth-order valence-corrected chi connectivity index (χ4v) is 9.23. The van der Waals surface area contributed by atoms with Crippen LogP contribution in [0.4, 0.5) is 0 Å². The SMILES string of the molecule is CNC(O)C1CNC(N)C2CC(C3CCC(S(=O)(=O)NC(C)(C)C)CC3)SC21. The van der Waals surface area contributed by atoms with Gasteiger partial charge in [-0.1, -0.05) is 0 Å². The third-order valence-corrected chi connectivity index (χ3v) is 10.8. The average molecular weight is 435 g/mol. The minimum atomic E-state index is -3.27. The Kier molecular flexibility index (Phi) is 7.07. The molecule has 2 heterocycles. The Hall–Kier alpha value is 0.1000. The van der Waals surface area contributed by atoms with Crippen molar-refractivity contribution < 1.29 is 13.5 Å². The van der Waals surface area contributed by atoms with E-state index in [2.05, 4.69) is 15.4 Å². The second-order valence-electron chi connectivity index (χ2n) is 9.80. The van der Waals surface area contributed by atoms with E-state index in [0.717, 1.165) is 38.6 Å². The molecule has 2 aliphatic heterocycles. The van der Waals surface area contributed by atoms with Crippen LogP contribution in [0.5, 0.6) is 0 Å². The molecule has 0 aromatic carbocycles. The number of nitrogens with two attached hydrogens (primary N) is 1. The van der Waals surface area contributed by atoms with Gasteiger partial charge in [0.2, 0.25) is 10.0 Å². The second kappa shape index (κ2) is 8.69. The first-order valence-corrected chi connectivity index (χ1v) is 13.0. The summed E-state index contributed by atoms with van der Waals surface area (Å²) in [6.45, 7) is 6.40. The Morgan fingerprint density at radius 2 is 1.86 bits per heavy atom. The lowest BCUT2D eigenvalue weighted by Gasteiger charge is -2.40. The highest BCUT2D eigenvalue weighted by Crippen LogP contribution is 2.50. The largest absolute Gasteiger partial charge is 0.378 e. The summed E-state index contributed by atoms with van der Waals surface area (Å²) in [6.07, 6.45) is 3.88. The van der Waals surface area contributed by atoms with Crippen LogP contribution in [0.2, 0.25) is 0 Å². The second-order valence-corrected chi connectivity index (χ2v) is 13.2. The molecule has 2 saturated heterocycles. The summed E-state index contributed by atoms with van der Waals surface area (Å²) in [6, 6.07) is 0. The molecular weight excluding hydrogens is 396 g/mol. The lowest BCUT2D eigenvalue weighted by Crippen LogP contribution is -2.59. The number of nitrogens with one attached hydrogen (secondary N) is 3. The predicted octanol–water partition coefficient (Wildman–Crippen LogP) is 0.795. The van der Waals surface area contributed by atoms with Crippen LogP contribution in [-0.4, -0.2) is 60.8 Å². The van der Waals surface area contributed by atoms with Crippen LogP contribution in [0.1, 0.15) is 52.9 Å². The molecule has 0 aromatic rings. The van der Waals surface area contributed by atoms with Gasteiger partial charge in [0.1, 0.15) is 6.23 Å². The number of thioether (sulfide) groups is 1. The number of rotatable bonds is 5. The standard InChI is InChI=1S/C19H38N4O3S2/c1-19(2,3)23-28(25,26)12-7-5-11(6-8-12)15-9-13-16(27-15)14(18(24)21-4)10-22-17(13)20/h11-18,21-24H,5-10,20H2,1-4H3. The average Bonchev–Trinajstić information content (AvgIpc) is 3.06. The highest BCUT2D eigenvalue weighted by molar-refractivity contribution is 8.00. The fraction of sp³-hybridized carbons (Fsp3) is 1.00. The molecular formula is C19H38N4O3S2. The van der Waals surface area contributed by atoms with Gasteiger partial charge in [-0.2, -0.15) is 11.8 Å². The van der Waals surface area contributed by atoms with Gasteiger partial charge in [0, 0.05) is 34.4 Å². The molecule has 9 heteroatoms. The molecule has 3 rings (SSSR count). The number of sulfonamides is 1. The van der Waals surface area contributed by atoms with Gasteiger partial charge in [-0.05, 0) is 65.8 Å². The van der Waals surface area contributed by atoms with Gasteiger partial charge in [0.05, 0.1) is 11.4 Å². The monoisotopic (exact) mass is 434 g/mol. The summed E-state index contributed by atoms with van der Waals surface area (Å²) in [7, 11) is -1.48. The van der Waals surface area contributed by atoms with Crippen molar-refractivity contribution in [1.82, 2.24) is 15.4 Å². The summed E-state index contributed by atoms with van der Waals surface area (Å²) in [5, 5.41) is 17.3. The summed E-state index contributed by atoms with van der Waals surface area (Å²) in [4.78, 5) is 0. The van der Waals surface area contributed by atoms with Crippen LogP contribution >= 0.6 is 11.8 Å². The van der Waals surface area contributed by atoms with Crippen LogP contribution in [0.15, 0.2) is 0 Å². The molecule has 6 N–H and O–H groups in total. The van der Waals surface area contributed by atoms with E-state index in [1.54, 1.807) is 7.05 Å². The molecule has 1 aliphatic carbocycles. The van der Waals surface area contributed by atoms with Gasteiger partial charge in [-0.15, -0.1) is 0 Å². The molecule has 7 nitrogen and oxygen atoms in total. The van der Waals surface area contributed by atoms with Gasteiger partial charge in [0.15, 0.2) is 0 Å². The van der Waals surface area contributed by atoms with Gasteiger partial charge in [-0.25, -0.2) is 13.1 Å². The van der Waals surface area contributed by atoms with Gasteiger partial charge >= 0.3 is 0 Å². The minimum Gasteiger partial charge on any atom is -0.378 e. The van der Waals surface area contributed by atoms with Crippen LogP contribution in [0.25, 0.3) is 0 Å². The molecule has 0 radical (unpaired) electrons. The topological polar surface area (TPSA) is 116 Å². The highest BCUT2D eigenvalue weighted by Gasteiger charge is 2.49. The first kappa shape index (κ1) is 22.8. The van der Waals surface area contributed by atoms with Crippen molar-refractivity contribution in [3.05, 3.63) is 0 Å². The van der Waals surface area contributed by atoms with Crippen LogP contribution in [0, 0.1) is 17.8 Å². The molecule has 28 heavy (non-hydrogen) atoms. The smallest absolute Gasteiger partial charge is 0.214 e. The third-order valence-electron chi connectivity index (χ3n) is 6.56. The Balaban J connectivity index is 1.60. The van der Waals surface area contributed by atoms with Crippen molar-refractivity contribution in [2.24, 2.45) is 23.5 Å². The molecule has 1 saturated carbocycles. The maximum atomic E-state index is 12.7. The minimum absolute atomic E-state index is 0.0180. The van der Waals surface area contributed by atoms with E-state index in [4.69, 9.17) is 5.73 Å². The lowest BCUT2D eigenvalue weighted by molar-refractivity contribution is 0.0515. The normalized spacial score (nSPS) is 40.9. The van der Waals surface area contributed by atoms with E-state index < -0.39 is 21.8 Å². The number of hydrogen-bond acceptors (Lipinski definition) is 7. The summed E-state index contributed by atoms with van der Waals surface area (Å²) in [5.74, 6) is 1.05. The first-order valence-electron chi connectivity index (χ1n) is 10.5. The molecule has 164 valence electrons. The maximum Gasteiger partial charge on any atom is 0.214 e. The molecule has 0 bridgehead atoms. The van der Waals surface area contributed by atoms with Gasteiger partial charge < -0.3 is 16.2 Å².